The summed E-state index contributed by atoms with van der Waals surface area (Å²) in [6.45, 7) is 4.31. The van der Waals surface area contributed by atoms with Crippen LogP contribution in [0, 0.1) is 6.92 Å². The lowest BCUT2D eigenvalue weighted by Gasteiger charge is -2.27. The fourth-order valence-corrected chi connectivity index (χ4v) is 4.92. The number of piperidine rings is 1. The zero-order chi connectivity index (χ0) is 23.2. The number of hydrogen-bond donors (Lipinski definition) is 2. The van der Waals surface area contributed by atoms with Gasteiger partial charge in [-0.25, -0.2) is 0 Å². The van der Waals surface area contributed by atoms with Crippen molar-refractivity contribution in [2.45, 2.75) is 44.4 Å². The van der Waals surface area contributed by atoms with E-state index >= 15 is 0 Å². The van der Waals surface area contributed by atoms with Gasteiger partial charge >= 0.3 is 0 Å². The van der Waals surface area contributed by atoms with Crippen molar-refractivity contribution in [1.29, 1.82) is 0 Å². The van der Waals surface area contributed by atoms with Gasteiger partial charge in [-0.2, -0.15) is 4.99 Å². The number of benzene rings is 2. The molecule has 2 N–H and O–H groups in total. The van der Waals surface area contributed by atoms with Crippen LogP contribution in [0.3, 0.4) is 0 Å². The molecular formula is C25H28N4O3S. The van der Waals surface area contributed by atoms with Crippen LogP contribution in [0.1, 0.15) is 47.2 Å². The summed E-state index contributed by atoms with van der Waals surface area (Å²) >= 11 is 1.39. The van der Waals surface area contributed by atoms with E-state index in [-0.39, 0.29) is 24.1 Å². The number of anilines is 1. The molecule has 33 heavy (non-hydrogen) atoms. The smallest absolute Gasteiger partial charge is 0.262 e. The van der Waals surface area contributed by atoms with Gasteiger partial charge in [0, 0.05) is 37.3 Å². The molecule has 2 aliphatic heterocycles. The standard InChI is InChI=1S/C25H28N4O3S/c1-17-5-7-18(8-6-17)16-26-23(31)19-9-11-20(12-10-19)27-22(30)15-21-24(32)28-25(33-21)29-13-3-2-4-14-29/h5-12,21H,2-4,13-16H2,1H3,(H,26,31)(H,27,30). The van der Waals surface area contributed by atoms with Crippen LogP contribution in [0.25, 0.3) is 0 Å². The van der Waals surface area contributed by atoms with Crippen molar-refractivity contribution < 1.29 is 14.4 Å². The van der Waals surface area contributed by atoms with Gasteiger partial charge in [-0.15, -0.1) is 0 Å². The third kappa shape index (κ3) is 6.22. The van der Waals surface area contributed by atoms with Crippen LogP contribution >= 0.6 is 11.8 Å². The highest BCUT2D eigenvalue weighted by Gasteiger charge is 2.33. The Morgan fingerprint density at radius 2 is 1.73 bits per heavy atom. The molecule has 2 heterocycles. The second kappa shape index (κ2) is 10.7. The summed E-state index contributed by atoms with van der Waals surface area (Å²) in [5.74, 6) is -0.660. The molecule has 2 aliphatic rings. The first-order chi connectivity index (χ1) is 16.0. The van der Waals surface area contributed by atoms with Crippen LogP contribution < -0.4 is 10.6 Å². The van der Waals surface area contributed by atoms with Gasteiger partial charge in [-0.3, -0.25) is 14.4 Å². The minimum absolute atomic E-state index is 0.0725. The Balaban J connectivity index is 1.24. The zero-order valence-corrected chi connectivity index (χ0v) is 19.5. The SMILES string of the molecule is Cc1ccc(CNC(=O)c2ccc(NC(=O)CC3SC(N4CCCCC4)=NC3=O)cc2)cc1. The quantitative estimate of drug-likeness (QED) is 0.680. The molecule has 7 nitrogen and oxygen atoms in total. The first kappa shape index (κ1) is 23.0. The van der Waals surface area contributed by atoms with E-state index in [1.807, 2.05) is 31.2 Å². The number of aryl methyl sites for hydroxylation is 1. The molecule has 1 fully saturated rings. The zero-order valence-electron chi connectivity index (χ0n) is 18.7. The number of rotatable bonds is 6. The summed E-state index contributed by atoms with van der Waals surface area (Å²) in [5, 5.41) is 5.98. The molecule has 0 saturated carbocycles. The maximum absolute atomic E-state index is 12.5. The van der Waals surface area contributed by atoms with Crippen molar-refractivity contribution in [2.24, 2.45) is 4.99 Å². The van der Waals surface area contributed by atoms with Crippen LogP contribution in [0.4, 0.5) is 5.69 Å². The first-order valence-electron chi connectivity index (χ1n) is 11.3. The molecule has 0 aliphatic carbocycles. The molecule has 1 saturated heterocycles. The van der Waals surface area contributed by atoms with E-state index in [1.165, 1.54) is 23.7 Å². The Labute approximate surface area is 198 Å². The van der Waals surface area contributed by atoms with Gasteiger partial charge in [0.15, 0.2) is 5.17 Å². The molecule has 0 radical (unpaired) electrons. The van der Waals surface area contributed by atoms with E-state index in [0.29, 0.717) is 17.8 Å². The van der Waals surface area contributed by atoms with Gasteiger partial charge < -0.3 is 15.5 Å². The lowest BCUT2D eigenvalue weighted by Crippen LogP contribution is -2.33. The van der Waals surface area contributed by atoms with E-state index in [4.69, 9.17) is 0 Å². The Kier molecular flexibility index (Phi) is 7.44. The van der Waals surface area contributed by atoms with Crippen molar-refractivity contribution in [3.05, 3.63) is 65.2 Å². The van der Waals surface area contributed by atoms with Gasteiger partial charge in [-0.05, 0) is 56.0 Å². The highest BCUT2D eigenvalue weighted by molar-refractivity contribution is 8.15. The van der Waals surface area contributed by atoms with Crippen LogP contribution in [0.5, 0.6) is 0 Å². The van der Waals surface area contributed by atoms with Crippen molar-refractivity contribution >= 4 is 40.3 Å². The number of amidine groups is 1. The molecule has 172 valence electrons. The molecule has 2 aromatic carbocycles. The van der Waals surface area contributed by atoms with Crippen LogP contribution in [0.15, 0.2) is 53.5 Å². The Hall–Kier alpha value is -3.13. The van der Waals surface area contributed by atoms with Gasteiger partial charge in [0.1, 0.15) is 5.25 Å². The highest BCUT2D eigenvalue weighted by atomic mass is 32.2. The predicted octanol–water partition coefficient (Wildman–Crippen LogP) is 3.74. The van der Waals surface area contributed by atoms with Gasteiger partial charge in [-0.1, -0.05) is 41.6 Å². The van der Waals surface area contributed by atoms with Gasteiger partial charge in [0.25, 0.3) is 11.8 Å². The van der Waals surface area contributed by atoms with Crippen molar-refractivity contribution in [3.63, 3.8) is 0 Å². The highest BCUT2D eigenvalue weighted by Crippen LogP contribution is 2.29. The molecule has 1 unspecified atom stereocenters. The molecule has 0 spiro atoms. The van der Waals surface area contributed by atoms with E-state index in [2.05, 4.69) is 20.5 Å². The summed E-state index contributed by atoms with van der Waals surface area (Å²) in [6, 6.07) is 14.7. The summed E-state index contributed by atoms with van der Waals surface area (Å²) in [6.07, 6.45) is 3.50. The average molecular weight is 465 g/mol. The number of aliphatic imine (C=N–C) groups is 1. The molecule has 0 aromatic heterocycles. The number of nitrogens with zero attached hydrogens (tertiary/aromatic N) is 2. The Morgan fingerprint density at radius 3 is 2.42 bits per heavy atom. The van der Waals surface area contributed by atoms with Gasteiger partial charge in [0.05, 0.1) is 0 Å². The number of likely N-dealkylation sites (tertiary alicyclic amines) is 1. The topological polar surface area (TPSA) is 90.9 Å². The third-order valence-corrected chi connectivity index (χ3v) is 6.94. The number of carbonyl (C=O) groups is 3. The molecule has 8 heteroatoms. The number of nitrogens with one attached hydrogen (secondary N) is 2. The molecule has 1 atom stereocenters. The molecule has 3 amide bonds. The lowest BCUT2D eigenvalue weighted by atomic mass is 10.1. The predicted molar refractivity (Wildman–Crippen MR) is 131 cm³/mol. The van der Waals surface area contributed by atoms with Crippen LogP contribution in [0.2, 0.25) is 0 Å². The number of carbonyl (C=O) groups excluding carboxylic acids is 3. The summed E-state index contributed by atoms with van der Waals surface area (Å²) < 4.78 is 0. The second-order valence-corrected chi connectivity index (χ2v) is 9.55. The summed E-state index contributed by atoms with van der Waals surface area (Å²) in [4.78, 5) is 43.4. The second-order valence-electron chi connectivity index (χ2n) is 8.38. The van der Waals surface area contributed by atoms with E-state index in [1.54, 1.807) is 24.3 Å². The molecule has 4 rings (SSSR count). The maximum atomic E-state index is 12.5. The van der Waals surface area contributed by atoms with Crippen LogP contribution in [-0.2, 0) is 16.1 Å². The largest absolute Gasteiger partial charge is 0.351 e. The minimum Gasteiger partial charge on any atom is -0.351 e. The van der Waals surface area contributed by atoms with Crippen molar-refractivity contribution in [1.82, 2.24) is 10.2 Å². The maximum Gasteiger partial charge on any atom is 0.262 e. The molecule has 2 aromatic rings. The van der Waals surface area contributed by atoms with Crippen LogP contribution in [-0.4, -0.2) is 46.1 Å². The van der Waals surface area contributed by atoms with Crippen molar-refractivity contribution in [2.75, 3.05) is 18.4 Å². The minimum atomic E-state index is -0.478. The third-order valence-electron chi connectivity index (χ3n) is 5.73. The monoisotopic (exact) mass is 464 g/mol. The van der Waals surface area contributed by atoms with Crippen molar-refractivity contribution in [3.8, 4) is 0 Å². The fourth-order valence-electron chi connectivity index (χ4n) is 3.81. The Bertz CT molecular complexity index is 1040. The lowest BCUT2D eigenvalue weighted by molar-refractivity contribution is -0.121. The number of thioether (sulfide) groups is 1. The fraction of sp³-hybridized carbons (Fsp3) is 0.360. The van der Waals surface area contributed by atoms with E-state index in [9.17, 15) is 14.4 Å². The van der Waals surface area contributed by atoms with E-state index < -0.39 is 5.25 Å². The number of amides is 3. The average Bonchev–Trinajstić information content (AvgIpc) is 3.19. The van der Waals surface area contributed by atoms with E-state index in [0.717, 1.165) is 36.7 Å². The Morgan fingerprint density at radius 1 is 1.03 bits per heavy atom. The summed E-state index contributed by atoms with van der Waals surface area (Å²) in [5.41, 5.74) is 3.31. The van der Waals surface area contributed by atoms with Gasteiger partial charge in [0.2, 0.25) is 5.91 Å². The normalized spacial score (nSPS) is 18.1. The molecule has 0 bridgehead atoms. The summed E-state index contributed by atoms with van der Waals surface area (Å²) in [7, 11) is 0. The molecular weight excluding hydrogens is 436 g/mol. The number of hydrogen-bond acceptors (Lipinski definition) is 5. The first-order valence-corrected chi connectivity index (χ1v) is 12.1.